The van der Waals surface area contributed by atoms with Gasteiger partial charge in [-0.05, 0) is 66.9 Å². The number of halogens is 1. The highest BCUT2D eigenvalue weighted by atomic mass is 19.1. The second-order valence-corrected chi connectivity index (χ2v) is 7.33. The van der Waals surface area contributed by atoms with Gasteiger partial charge in [0.25, 0.3) is 5.91 Å². The summed E-state index contributed by atoms with van der Waals surface area (Å²) in [4.78, 5) is 24.9. The quantitative estimate of drug-likeness (QED) is 0.522. The van der Waals surface area contributed by atoms with Crippen molar-refractivity contribution < 1.29 is 14.0 Å². The minimum Gasteiger partial charge on any atom is -0.370 e. The highest BCUT2D eigenvalue weighted by Crippen LogP contribution is 2.30. The fourth-order valence-corrected chi connectivity index (χ4v) is 3.10. The van der Waals surface area contributed by atoms with Crippen LogP contribution in [0.15, 0.2) is 78.9 Å². The summed E-state index contributed by atoms with van der Waals surface area (Å²) in [5.41, 5.74) is 2.78. The first-order valence-electron chi connectivity index (χ1n) is 9.87. The molecule has 0 radical (unpaired) electrons. The molecule has 1 saturated carbocycles. The fraction of sp³-hybridized carbons (Fsp3) is 0.167. The summed E-state index contributed by atoms with van der Waals surface area (Å²) in [6, 6.07) is 21.6. The Balaban J connectivity index is 1.49. The van der Waals surface area contributed by atoms with Crippen molar-refractivity contribution in [3.05, 3.63) is 90.2 Å². The van der Waals surface area contributed by atoms with Gasteiger partial charge >= 0.3 is 0 Å². The topological polar surface area (TPSA) is 70.2 Å². The third kappa shape index (κ3) is 5.03. The van der Waals surface area contributed by atoms with Crippen molar-refractivity contribution in [3.63, 3.8) is 0 Å². The van der Waals surface area contributed by atoms with E-state index >= 15 is 0 Å². The molecule has 1 aliphatic rings. The number of carbonyl (C=O) groups is 2. The summed E-state index contributed by atoms with van der Waals surface area (Å²) in [7, 11) is 0. The van der Waals surface area contributed by atoms with Crippen LogP contribution in [0.5, 0.6) is 0 Å². The molecule has 1 fully saturated rings. The maximum Gasteiger partial charge on any atom is 0.251 e. The van der Waals surface area contributed by atoms with Crippen LogP contribution in [0.2, 0.25) is 0 Å². The highest BCUT2D eigenvalue weighted by Gasteiger charge is 2.29. The smallest absolute Gasteiger partial charge is 0.251 e. The summed E-state index contributed by atoms with van der Waals surface area (Å²) in [5.74, 6) is -0.435. The Bertz CT molecular complexity index is 1020. The standard InChI is InChI=1S/C24H22FN3O2/c25-18-8-10-20(11-9-18)28-24(30)22(16-4-2-1-3-5-16)26-19-12-14-21(15-13-19)27-23(29)17-6-7-17/h1-5,8-15,17,22,26H,6-7H2,(H,27,29)(H,28,30). The minimum absolute atomic E-state index is 0.0524. The van der Waals surface area contributed by atoms with Crippen molar-refractivity contribution >= 4 is 28.9 Å². The highest BCUT2D eigenvalue weighted by molar-refractivity contribution is 5.97. The number of carbonyl (C=O) groups excluding carboxylic acids is 2. The molecule has 0 saturated heterocycles. The molecule has 0 bridgehead atoms. The molecule has 5 nitrogen and oxygen atoms in total. The van der Waals surface area contributed by atoms with E-state index in [1.807, 2.05) is 54.6 Å². The molecule has 4 rings (SSSR count). The lowest BCUT2D eigenvalue weighted by molar-refractivity contribution is -0.118. The van der Waals surface area contributed by atoms with E-state index in [-0.39, 0.29) is 23.5 Å². The number of nitrogens with one attached hydrogen (secondary N) is 3. The average Bonchev–Trinajstić information content (AvgIpc) is 3.61. The van der Waals surface area contributed by atoms with Crippen LogP contribution in [0.3, 0.4) is 0 Å². The van der Waals surface area contributed by atoms with Crippen molar-refractivity contribution in [2.24, 2.45) is 5.92 Å². The maximum atomic E-state index is 13.1. The van der Waals surface area contributed by atoms with Gasteiger partial charge in [0.15, 0.2) is 0 Å². The predicted octanol–water partition coefficient (Wildman–Crippen LogP) is 4.97. The molecule has 0 aliphatic heterocycles. The van der Waals surface area contributed by atoms with E-state index in [0.717, 1.165) is 29.8 Å². The first-order valence-corrected chi connectivity index (χ1v) is 9.87. The van der Waals surface area contributed by atoms with Crippen molar-refractivity contribution in [2.45, 2.75) is 18.9 Å². The van der Waals surface area contributed by atoms with Crippen molar-refractivity contribution in [2.75, 3.05) is 16.0 Å². The van der Waals surface area contributed by atoms with Crippen LogP contribution < -0.4 is 16.0 Å². The Kier molecular flexibility index (Phi) is 5.75. The summed E-state index contributed by atoms with van der Waals surface area (Å²) in [5, 5.41) is 8.96. The van der Waals surface area contributed by atoms with Crippen LogP contribution in [0.25, 0.3) is 0 Å². The number of hydrogen-bond donors (Lipinski definition) is 3. The zero-order valence-electron chi connectivity index (χ0n) is 16.3. The van der Waals surface area contributed by atoms with Gasteiger partial charge in [-0.15, -0.1) is 0 Å². The maximum absolute atomic E-state index is 13.1. The van der Waals surface area contributed by atoms with Crippen LogP contribution in [0, 0.1) is 11.7 Å². The second-order valence-electron chi connectivity index (χ2n) is 7.33. The van der Waals surface area contributed by atoms with Crippen molar-refractivity contribution in [3.8, 4) is 0 Å². The molecule has 0 aromatic heterocycles. The van der Waals surface area contributed by atoms with Crippen LogP contribution >= 0.6 is 0 Å². The SMILES string of the molecule is O=C(Nc1ccc(NC(C(=O)Nc2ccc(F)cc2)c2ccccc2)cc1)C1CC1. The van der Waals surface area contributed by atoms with E-state index in [4.69, 9.17) is 0 Å². The van der Waals surface area contributed by atoms with Gasteiger partial charge in [0, 0.05) is 23.0 Å². The van der Waals surface area contributed by atoms with E-state index in [1.165, 1.54) is 24.3 Å². The van der Waals surface area contributed by atoms with Gasteiger partial charge in [0.1, 0.15) is 11.9 Å². The van der Waals surface area contributed by atoms with Gasteiger partial charge in [0.05, 0.1) is 0 Å². The summed E-state index contributed by atoms with van der Waals surface area (Å²) in [6.07, 6.45) is 1.90. The first kappa shape index (κ1) is 19.6. The van der Waals surface area contributed by atoms with E-state index in [0.29, 0.717) is 5.69 Å². The summed E-state index contributed by atoms with van der Waals surface area (Å²) in [6.45, 7) is 0. The molecular formula is C24H22FN3O2. The van der Waals surface area contributed by atoms with Gasteiger partial charge in [0.2, 0.25) is 5.91 Å². The lowest BCUT2D eigenvalue weighted by atomic mass is 10.1. The number of amides is 2. The van der Waals surface area contributed by atoms with Gasteiger partial charge in [-0.25, -0.2) is 4.39 Å². The van der Waals surface area contributed by atoms with Gasteiger partial charge in [-0.3, -0.25) is 9.59 Å². The number of hydrogen-bond acceptors (Lipinski definition) is 3. The van der Waals surface area contributed by atoms with Crippen LogP contribution in [0.4, 0.5) is 21.5 Å². The van der Waals surface area contributed by atoms with E-state index < -0.39 is 6.04 Å². The van der Waals surface area contributed by atoms with Crippen LogP contribution in [-0.2, 0) is 9.59 Å². The summed E-state index contributed by atoms with van der Waals surface area (Å²) < 4.78 is 13.1. The second kappa shape index (κ2) is 8.78. The lowest BCUT2D eigenvalue weighted by Gasteiger charge is -2.20. The molecule has 152 valence electrons. The average molecular weight is 403 g/mol. The van der Waals surface area contributed by atoms with Gasteiger partial charge in [-0.2, -0.15) is 0 Å². The summed E-state index contributed by atoms with van der Waals surface area (Å²) >= 11 is 0. The van der Waals surface area contributed by atoms with Crippen LogP contribution in [0.1, 0.15) is 24.4 Å². The van der Waals surface area contributed by atoms with Crippen LogP contribution in [-0.4, -0.2) is 11.8 Å². The Morgan fingerprint density at radius 1 is 0.767 bits per heavy atom. The Hall–Kier alpha value is -3.67. The van der Waals surface area contributed by atoms with E-state index in [1.54, 1.807) is 0 Å². The normalized spacial score (nSPS) is 13.9. The zero-order valence-corrected chi connectivity index (χ0v) is 16.3. The minimum atomic E-state index is -0.650. The number of anilines is 3. The largest absolute Gasteiger partial charge is 0.370 e. The Morgan fingerprint density at radius 3 is 1.97 bits per heavy atom. The van der Waals surface area contributed by atoms with E-state index in [9.17, 15) is 14.0 Å². The molecule has 2 amide bonds. The van der Waals surface area contributed by atoms with Gasteiger partial charge in [-0.1, -0.05) is 30.3 Å². The van der Waals surface area contributed by atoms with Crippen molar-refractivity contribution in [1.82, 2.24) is 0 Å². The molecule has 1 unspecified atom stereocenters. The number of benzene rings is 3. The molecule has 6 heteroatoms. The Morgan fingerprint density at radius 2 is 1.33 bits per heavy atom. The molecular weight excluding hydrogens is 381 g/mol. The molecule has 0 spiro atoms. The molecule has 0 heterocycles. The zero-order chi connectivity index (χ0) is 20.9. The van der Waals surface area contributed by atoms with Gasteiger partial charge < -0.3 is 16.0 Å². The molecule has 30 heavy (non-hydrogen) atoms. The monoisotopic (exact) mass is 403 g/mol. The lowest BCUT2D eigenvalue weighted by Crippen LogP contribution is -2.27. The first-order chi connectivity index (χ1) is 14.6. The number of rotatable bonds is 7. The van der Waals surface area contributed by atoms with E-state index in [2.05, 4.69) is 16.0 Å². The molecule has 3 N–H and O–H groups in total. The molecule has 1 atom stereocenters. The third-order valence-corrected chi connectivity index (χ3v) is 4.92. The third-order valence-electron chi connectivity index (χ3n) is 4.92. The molecule has 3 aromatic carbocycles. The fourth-order valence-electron chi connectivity index (χ4n) is 3.10. The Labute approximate surface area is 174 Å². The molecule has 3 aromatic rings. The molecule has 1 aliphatic carbocycles. The predicted molar refractivity (Wildman–Crippen MR) is 116 cm³/mol. The van der Waals surface area contributed by atoms with Crippen molar-refractivity contribution in [1.29, 1.82) is 0 Å².